The number of allylic oxidation sites excluding steroid dienone is 1. The third-order valence-electron chi connectivity index (χ3n) is 7.32. The minimum atomic E-state index is -4.27. The van der Waals surface area contributed by atoms with E-state index in [-0.39, 0.29) is 38.5 Å². The quantitative estimate of drug-likeness (QED) is 0.188. The highest BCUT2D eigenvalue weighted by atomic mass is 19.4. The smallest absolute Gasteiger partial charge is 0.391 e. The molecule has 0 radical (unpaired) electrons. The molecule has 0 bridgehead atoms. The van der Waals surface area contributed by atoms with Gasteiger partial charge in [-0.05, 0) is 77.0 Å². The van der Waals surface area contributed by atoms with Crippen molar-refractivity contribution in [2.24, 2.45) is 23.7 Å². The average molecular weight is 499 g/mol. The number of carbonyl (C=O) groups excluding carboxylic acids is 2. The summed E-state index contributed by atoms with van der Waals surface area (Å²) in [5, 5.41) is 0. The normalized spacial score (nSPS) is 33.5. The Hall–Kier alpha value is -1.74. The molecule has 6 unspecified atom stereocenters. The lowest BCUT2D eigenvalue weighted by atomic mass is 9.84. The summed E-state index contributed by atoms with van der Waals surface area (Å²) in [6, 6.07) is 0. The largest absolute Gasteiger partial charge is 0.462 e. The van der Waals surface area contributed by atoms with Crippen molar-refractivity contribution in [1.29, 1.82) is 0 Å². The van der Waals surface area contributed by atoms with Gasteiger partial charge in [0.25, 0.3) is 0 Å². The lowest BCUT2D eigenvalue weighted by molar-refractivity contribution is -0.179. The van der Waals surface area contributed by atoms with Crippen molar-refractivity contribution in [3.63, 3.8) is 0 Å². The molecular formula is C24H32F6O4. The van der Waals surface area contributed by atoms with Gasteiger partial charge in [-0.3, -0.25) is 9.59 Å². The predicted octanol–water partition coefficient (Wildman–Crippen LogP) is 6.68. The number of alkyl halides is 6. The predicted molar refractivity (Wildman–Crippen MR) is 110 cm³/mol. The number of ether oxygens (including phenoxy) is 2. The Morgan fingerprint density at radius 2 is 1.15 bits per heavy atom. The number of esters is 2. The van der Waals surface area contributed by atoms with Gasteiger partial charge in [0.1, 0.15) is 12.2 Å². The summed E-state index contributed by atoms with van der Waals surface area (Å²) in [6.07, 6.45) is -4.24. The SMILES string of the molecule is O=C(OC1CCCC(C(F)(F)F)CC1)C1C=CCCC1C(=O)OC1CCCC(C(F)(F)F)CC1. The van der Waals surface area contributed by atoms with Crippen molar-refractivity contribution in [2.75, 3.05) is 0 Å². The highest BCUT2D eigenvalue weighted by Gasteiger charge is 2.43. The van der Waals surface area contributed by atoms with E-state index in [0.29, 0.717) is 38.5 Å². The number of carbonyl (C=O) groups is 2. The Kier molecular flexibility index (Phi) is 8.95. The molecule has 0 aromatic carbocycles. The Morgan fingerprint density at radius 3 is 1.65 bits per heavy atom. The monoisotopic (exact) mass is 498 g/mol. The molecule has 3 aliphatic rings. The Bertz CT molecular complexity index is 732. The molecule has 6 atom stereocenters. The van der Waals surface area contributed by atoms with Crippen LogP contribution in [0.5, 0.6) is 0 Å². The highest BCUT2D eigenvalue weighted by Crippen LogP contribution is 2.39. The maximum Gasteiger partial charge on any atom is 0.391 e. The van der Waals surface area contributed by atoms with E-state index < -0.39 is 60.2 Å². The standard InChI is InChI=1S/C24H32F6O4/c25-23(26,27)15-5-3-7-17(13-11-15)33-21(31)19-9-1-2-10-20(19)22(32)34-18-8-4-6-16(12-14-18)24(28,29)30/h1,9,15-20H,2-8,10-14H2. The van der Waals surface area contributed by atoms with Crippen molar-refractivity contribution < 1.29 is 45.4 Å². The zero-order valence-electron chi connectivity index (χ0n) is 19.0. The first-order valence-corrected chi connectivity index (χ1v) is 12.2. The van der Waals surface area contributed by atoms with Crippen LogP contribution >= 0.6 is 0 Å². The van der Waals surface area contributed by atoms with Crippen LogP contribution in [0, 0.1) is 23.7 Å². The van der Waals surface area contributed by atoms with Crippen LogP contribution < -0.4 is 0 Å². The summed E-state index contributed by atoms with van der Waals surface area (Å²) >= 11 is 0. The van der Waals surface area contributed by atoms with Gasteiger partial charge in [-0.25, -0.2) is 0 Å². The van der Waals surface area contributed by atoms with Crippen molar-refractivity contribution in [3.8, 4) is 0 Å². The van der Waals surface area contributed by atoms with Crippen LogP contribution in [0.2, 0.25) is 0 Å². The third kappa shape index (κ3) is 7.38. The van der Waals surface area contributed by atoms with E-state index in [2.05, 4.69) is 0 Å². The van der Waals surface area contributed by atoms with Crippen LogP contribution in [0.15, 0.2) is 12.2 Å². The van der Waals surface area contributed by atoms with Crippen molar-refractivity contribution in [3.05, 3.63) is 12.2 Å². The highest BCUT2D eigenvalue weighted by molar-refractivity contribution is 5.84. The molecule has 0 saturated heterocycles. The molecule has 3 aliphatic carbocycles. The fraction of sp³-hybridized carbons (Fsp3) is 0.833. The third-order valence-corrected chi connectivity index (χ3v) is 7.32. The zero-order chi connectivity index (χ0) is 24.9. The van der Waals surface area contributed by atoms with Crippen LogP contribution in [0.1, 0.15) is 77.0 Å². The molecule has 4 nitrogen and oxygen atoms in total. The molecular weight excluding hydrogens is 466 g/mol. The summed E-state index contributed by atoms with van der Waals surface area (Å²) in [7, 11) is 0. The van der Waals surface area contributed by atoms with Gasteiger partial charge in [0, 0.05) is 0 Å². The summed E-state index contributed by atoms with van der Waals surface area (Å²) in [5.41, 5.74) is 0. The van der Waals surface area contributed by atoms with Crippen molar-refractivity contribution in [1.82, 2.24) is 0 Å². The van der Waals surface area contributed by atoms with E-state index in [1.54, 1.807) is 12.2 Å². The van der Waals surface area contributed by atoms with Crippen LogP contribution in [-0.2, 0) is 19.1 Å². The van der Waals surface area contributed by atoms with E-state index in [9.17, 15) is 35.9 Å². The van der Waals surface area contributed by atoms with Crippen LogP contribution in [0.25, 0.3) is 0 Å². The zero-order valence-corrected chi connectivity index (χ0v) is 19.0. The van der Waals surface area contributed by atoms with Crippen molar-refractivity contribution >= 4 is 11.9 Å². The van der Waals surface area contributed by atoms with Gasteiger partial charge >= 0.3 is 24.3 Å². The summed E-state index contributed by atoms with van der Waals surface area (Å²) in [6.45, 7) is 0. The summed E-state index contributed by atoms with van der Waals surface area (Å²) < 4.78 is 89.2. The molecule has 2 fully saturated rings. The molecule has 34 heavy (non-hydrogen) atoms. The van der Waals surface area contributed by atoms with Crippen LogP contribution in [-0.4, -0.2) is 36.5 Å². The number of halogens is 6. The molecule has 0 amide bonds. The van der Waals surface area contributed by atoms with Gasteiger partial charge in [-0.1, -0.05) is 12.2 Å². The molecule has 0 aromatic heterocycles. The van der Waals surface area contributed by atoms with Gasteiger partial charge in [0.05, 0.1) is 23.7 Å². The molecule has 194 valence electrons. The number of rotatable bonds is 4. The fourth-order valence-corrected chi connectivity index (χ4v) is 5.26. The second-order valence-electron chi connectivity index (χ2n) is 9.75. The Labute approximate surface area is 195 Å². The van der Waals surface area contributed by atoms with E-state index in [1.165, 1.54) is 0 Å². The van der Waals surface area contributed by atoms with E-state index >= 15 is 0 Å². The molecule has 3 rings (SSSR count). The lowest BCUT2D eigenvalue weighted by Crippen LogP contribution is -2.36. The second-order valence-corrected chi connectivity index (χ2v) is 9.75. The Morgan fingerprint density at radius 1 is 0.647 bits per heavy atom. The maximum atomic E-state index is 13.0. The minimum absolute atomic E-state index is 0.00637. The fourth-order valence-electron chi connectivity index (χ4n) is 5.26. The maximum absolute atomic E-state index is 13.0. The second kappa shape index (κ2) is 11.3. The van der Waals surface area contributed by atoms with Gasteiger partial charge in [-0.15, -0.1) is 0 Å². The van der Waals surface area contributed by atoms with E-state index in [1.807, 2.05) is 0 Å². The molecule has 0 N–H and O–H groups in total. The molecule has 2 saturated carbocycles. The van der Waals surface area contributed by atoms with Crippen LogP contribution in [0.4, 0.5) is 26.3 Å². The number of hydrogen-bond donors (Lipinski definition) is 0. The minimum Gasteiger partial charge on any atom is -0.462 e. The molecule has 10 heteroatoms. The van der Waals surface area contributed by atoms with E-state index in [0.717, 1.165) is 0 Å². The Balaban J connectivity index is 1.55. The average Bonchev–Trinajstić information content (AvgIpc) is 3.14. The molecule has 0 heterocycles. The first-order chi connectivity index (χ1) is 15.9. The van der Waals surface area contributed by atoms with Gasteiger partial charge in [-0.2, -0.15) is 26.3 Å². The van der Waals surface area contributed by atoms with E-state index in [4.69, 9.17) is 9.47 Å². The first-order valence-electron chi connectivity index (χ1n) is 12.2. The van der Waals surface area contributed by atoms with Crippen LogP contribution in [0.3, 0.4) is 0 Å². The molecule has 0 aromatic rings. The first kappa shape index (κ1) is 26.9. The molecule has 0 spiro atoms. The van der Waals surface area contributed by atoms with Gasteiger partial charge in [0.2, 0.25) is 0 Å². The molecule has 0 aliphatic heterocycles. The van der Waals surface area contributed by atoms with Gasteiger partial charge < -0.3 is 9.47 Å². The topological polar surface area (TPSA) is 52.6 Å². The lowest BCUT2D eigenvalue weighted by Gasteiger charge is -2.28. The van der Waals surface area contributed by atoms with Crippen molar-refractivity contribution in [2.45, 2.75) is 102 Å². The summed E-state index contributed by atoms with van der Waals surface area (Å²) in [5.74, 6) is -5.80. The van der Waals surface area contributed by atoms with Gasteiger partial charge in [0.15, 0.2) is 0 Å². The number of hydrogen-bond acceptors (Lipinski definition) is 4. The summed E-state index contributed by atoms with van der Waals surface area (Å²) in [4.78, 5) is 25.7.